The Labute approximate surface area is 158 Å². The summed E-state index contributed by atoms with van der Waals surface area (Å²) >= 11 is 6.57. The highest BCUT2D eigenvalue weighted by Gasteiger charge is 2.36. The zero-order valence-electron chi connectivity index (χ0n) is 14.8. The van der Waals surface area contributed by atoms with Crippen molar-refractivity contribution in [3.8, 4) is 11.3 Å². The lowest BCUT2D eigenvalue weighted by Gasteiger charge is -2.16. The van der Waals surface area contributed by atoms with Crippen LogP contribution >= 0.6 is 11.6 Å². The van der Waals surface area contributed by atoms with E-state index >= 15 is 0 Å². The average molecular weight is 372 g/mol. The second-order valence-electron chi connectivity index (χ2n) is 7.43. The molecule has 0 spiro atoms. The number of aromatic nitrogens is 2. The van der Waals surface area contributed by atoms with E-state index in [0.717, 1.165) is 34.8 Å². The standard InChI is InChI=1S/C21H23ClFN3/c1-26-20(13-4-7-17(23)8-5-13)12-18(25-26)9-6-14-10-15-2-3-16(21(15)24)11-19(14)22/h4-9,12,15-16,21H,2-3,10-11,24H2,1H3. The molecule has 0 radical (unpaired) electrons. The second kappa shape index (κ2) is 7.01. The molecule has 2 aliphatic carbocycles. The van der Waals surface area contributed by atoms with Crippen molar-refractivity contribution in [3.05, 3.63) is 58.5 Å². The molecule has 4 rings (SSSR count). The van der Waals surface area contributed by atoms with Gasteiger partial charge in [0.1, 0.15) is 5.82 Å². The second-order valence-corrected chi connectivity index (χ2v) is 7.89. The monoisotopic (exact) mass is 371 g/mol. The number of nitrogens with two attached hydrogens (primary N) is 1. The molecule has 0 aliphatic heterocycles. The maximum atomic E-state index is 13.1. The van der Waals surface area contributed by atoms with Gasteiger partial charge in [0.2, 0.25) is 0 Å². The molecule has 26 heavy (non-hydrogen) atoms. The van der Waals surface area contributed by atoms with E-state index in [-0.39, 0.29) is 11.9 Å². The largest absolute Gasteiger partial charge is 0.327 e. The lowest BCUT2D eigenvalue weighted by atomic mass is 9.95. The van der Waals surface area contributed by atoms with Crippen molar-refractivity contribution in [2.24, 2.45) is 24.6 Å². The Kier molecular flexibility index (Phi) is 4.72. The first-order valence-corrected chi connectivity index (χ1v) is 9.50. The first-order chi connectivity index (χ1) is 12.5. The van der Waals surface area contributed by atoms with Gasteiger partial charge >= 0.3 is 0 Å². The molecule has 2 bridgehead atoms. The Bertz CT molecular complexity index is 866. The van der Waals surface area contributed by atoms with Crippen LogP contribution in [0.2, 0.25) is 0 Å². The topological polar surface area (TPSA) is 43.8 Å². The van der Waals surface area contributed by atoms with E-state index in [4.69, 9.17) is 17.3 Å². The minimum atomic E-state index is -0.238. The Morgan fingerprint density at radius 1 is 1.15 bits per heavy atom. The molecule has 2 aromatic rings. The van der Waals surface area contributed by atoms with Gasteiger partial charge in [-0.05, 0) is 85.1 Å². The van der Waals surface area contributed by atoms with Crippen LogP contribution in [-0.2, 0) is 7.05 Å². The molecule has 3 unspecified atom stereocenters. The summed E-state index contributed by atoms with van der Waals surface area (Å²) in [4.78, 5) is 0. The van der Waals surface area contributed by atoms with Gasteiger partial charge in [-0.25, -0.2) is 4.39 Å². The fourth-order valence-corrected chi connectivity index (χ4v) is 4.57. The van der Waals surface area contributed by atoms with Gasteiger partial charge in [-0.2, -0.15) is 5.10 Å². The predicted molar refractivity (Wildman–Crippen MR) is 104 cm³/mol. The molecule has 0 amide bonds. The average Bonchev–Trinajstić information content (AvgIpc) is 3.11. The maximum absolute atomic E-state index is 13.1. The van der Waals surface area contributed by atoms with Gasteiger partial charge in [-0.1, -0.05) is 17.7 Å². The fourth-order valence-electron chi connectivity index (χ4n) is 4.23. The lowest BCUT2D eigenvalue weighted by molar-refractivity contribution is 0.422. The summed E-state index contributed by atoms with van der Waals surface area (Å²) in [6, 6.07) is 8.74. The normalized spacial score (nSPS) is 25.9. The number of hydrogen-bond acceptors (Lipinski definition) is 2. The van der Waals surface area contributed by atoms with Crippen LogP contribution in [0.4, 0.5) is 4.39 Å². The van der Waals surface area contributed by atoms with Gasteiger partial charge in [0.25, 0.3) is 0 Å². The number of fused-ring (bicyclic) bond motifs is 2. The maximum Gasteiger partial charge on any atom is 0.123 e. The smallest absolute Gasteiger partial charge is 0.123 e. The molecular formula is C21H23ClFN3. The van der Waals surface area contributed by atoms with Crippen LogP contribution in [0.3, 0.4) is 0 Å². The van der Waals surface area contributed by atoms with Crippen LogP contribution in [0.1, 0.15) is 31.4 Å². The molecule has 3 atom stereocenters. The third-order valence-corrected chi connectivity index (χ3v) is 6.16. The van der Waals surface area contributed by atoms with Gasteiger partial charge in [0, 0.05) is 18.1 Å². The molecule has 5 heteroatoms. The third kappa shape index (κ3) is 3.36. The summed E-state index contributed by atoms with van der Waals surface area (Å²) in [7, 11) is 1.89. The highest BCUT2D eigenvalue weighted by molar-refractivity contribution is 6.30. The van der Waals surface area contributed by atoms with Gasteiger partial charge in [0.15, 0.2) is 0 Å². The number of rotatable bonds is 3. The first-order valence-electron chi connectivity index (χ1n) is 9.12. The van der Waals surface area contributed by atoms with Crippen LogP contribution < -0.4 is 5.73 Å². The molecule has 2 N–H and O–H groups in total. The van der Waals surface area contributed by atoms with Gasteiger partial charge in [-0.15, -0.1) is 0 Å². The molecule has 1 heterocycles. The minimum absolute atomic E-state index is 0.238. The minimum Gasteiger partial charge on any atom is -0.327 e. The van der Waals surface area contributed by atoms with Crippen molar-refractivity contribution in [1.82, 2.24) is 9.78 Å². The SMILES string of the molecule is Cn1nc(C=CC2=C(Cl)CC3CCC(C2)C3N)cc1-c1ccc(F)cc1. The molecule has 3 nitrogen and oxygen atoms in total. The Morgan fingerprint density at radius 2 is 1.85 bits per heavy atom. The summed E-state index contributed by atoms with van der Waals surface area (Å²) in [5.74, 6) is 0.825. The van der Waals surface area contributed by atoms with E-state index in [1.165, 1.54) is 30.5 Å². The molecule has 1 fully saturated rings. The predicted octanol–water partition coefficient (Wildman–Crippen LogP) is 4.88. The van der Waals surface area contributed by atoms with Gasteiger partial charge in [0.05, 0.1) is 11.4 Å². The van der Waals surface area contributed by atoms with E-state index in [1.54, 1.807) is 12.1 Å². The Morgan fingerprint density at radius 3 is 2.58 bits per heavy atom. The summed E-state index contributed by atoms with van der Waals surface area (Å²) in [5.41, 5.74) is 10.3. The Balaban J connectivity index is 1.57. The highest BCUT2D eigenvalue weighted by Crippen LogP contribution is 2.43. The number of allylic oxidation sites excluding steroid dienone is 3. The lowest BCUT2D eigenvalue weighted by Crippen LogP contribution is -2.30. The molecule has 2 aliphatic rings. The van der Waals surface area contributed by atoms with Crippen LogP contribution in [0.25, 0.3) is 17.3 Å². The quantitative estimate of drug-likeness (QED) is 0.835. The zero-order chi connectivity index (χ0) is 18.3. The fraction of sp³-hybridized carbons (Fsp3) is 0.381. The van der Waals surface area contributed by atoms with Gasteiger partial charge in [-0.3, -0.25) is 4.68 Å². The van der Waals surface area contributed by atoms with Crippen LogP contribution in [0.15, 0.2) is 47.0 Å². The summed E-state index contributed by atoms with van der Waals surface area (Å²) in [6.07, 6.45) is 8.33. The van der Waals surface area contributed by atoms with Crippen molar-refractivity contribution in [1.29, 1.82) is 0 Å². The van der Waals surface area contributed by atoms with Crippen LogP contribution in [-0.4, -0.2) is 15.8 Å². The molecule has 1 aromatic carbocycles. The number of benzene rings is 1. The molecule has 1 aromatic heterocycles. The summed E-state index contributed by atoms with van der Waals surface area (Å²) < 4.78 is 14.9. The van der Waals surface area contributed by atoms with E-state index in [2.05, 4.69) is 11.2 Å². The molecule has 136 valence electrons. The van der Waals surface area contributed by atoms with Crippen molar-refractivity contribution in [3.63, 3.8) is 0 Å². The van der Waals surface area contributed by atoms with E-state index in [1.807, 2.05) is 23.9 Å². The van der Waals surface area contributed by atoms with Crippen molar-refractivity contribution >= 4 is 17.7 Å². The summed E-state index contributed by atoms with van der Waals surface area (Å²) in [6.45, 7) is 0. The van der Waals surface area contributed by atoms with Crippen LogP contribution in [0.5, 0.6) is 0 Å². The number of hydrogen-bond donors (Lipinski definition) is 1. The summed E-state index contributed by atoms with van der Waals surface area (Å²) in [5, 5.41) is 5.49. The Hall–Kier alpha value is -1.91. The molecule has 0 saturated heterocycles. The first kappa shape index (κ1) is 17.5. The zero-order valence-corrected chi connectivity index (χ0v) is 15.6. The molecular weight excluding hydrogens is 349 g/mol. The number of aryl methyl sites for hydroxylation is 1. The number of halogens is 2. The van der Waals surface area contributed by atoms with Crippen molar-refractivity contribution < 1.29 is 4.39 Å². The van der Waals surface area contributed by atoms with Crippen molar-refractivity contribution in [2.45, 2.75) is 31.7 Å². The van der Waals surface area contributed by atoms with E-state index in [9.17, 15) is 4.39 Å². The van der Waals surface area contributed by atoms with Crippen molar-refractivity contribution in [2.75, 3.05) is 0 Å². The van der Waals surface area contributed by atoms with Gasteiger partial charge < -0.3 is 5.73 Å². The molecule has 1 saturated carbocycles. The van der Waals surface area contributed by atoms with E-state index < -0.39 is 0 Å². The highest BCUT2D eigenvalue weighted by atomic mass is 35.5. The van der Waals surface area contributed by atoms with Crippen LogP contribution in [0, 0.1) is 17.7 Å². The van der Waals surface area contributed by atoms with E-state index in [0.29, 0.717) is 11.8 Å². The number of nitrogens with zero attached hydrogens (tertiary/aromatic N) is 2. The third-order valence-electron chi connectivity index (χ3n) is 5.76.